The van der Waals surface area contributed by atoms with Crippen molar-refractivity contribution in [2.45, 2.75) is 11.7 Å². The Balaban J connectivity index is 2.22. The lowest BCUT2D eigenvalue weighted by molar-refractivity contribution is 0.418. The van der Waals surface area contributed by atoms with E-state index in [2.05, 4.69) is 4.90 Å². The van der Waals surface area contributed by atoms with Crippen molar-refractivity contribution in [3.05, 3.63) is 0 Å². The van der Waals surface area contributed by atoms with Gasteiger partial charge in [0.25, 0.3) is 0 Å². The Morgan fingerprint density at radius 2 is 2.50 bits per heavy atom. The monoisotopic (exact) mass is 135 g/mol. The molecule has 1 fully saturated rings. The second-order valence-electron chi connectivity index (χ2n) is 2.26. The molecule has 1 heterocycles. The lowest BCUT2D eigenvalue weighted by Gasteiger charge is -2.03. The fourth-order valence-corrected chi connectivity index (χ4v) is 1.47. The predicted molar refractivity (Wildman–Crippen MR) is 34.6 cm³/mol. The molecule has 0 radical (unpaired) electrons. The zero-order valence-corrected chi connectivity index (χ0v) is 5.75. The van der Waals surface area contributed by atoms with E-state index in [0.29, 0.717) is 12.1 Å². The van der Waals surface area contributed by atoms with Gasteiger partial charge in [0.1, 0.15) is 0 Å². The summed E-state index contributed by atoms with van der Waals surface area (Å²) in [5, 5.41) is 0.250. The number of hydrogen-bond donors (Lipinski definition) is 0. The van der Waals surface area contributed by atoms with Crippen molar-refractivity contribution in [1.29, 1.82) is 0 Å². The molecule has 0 aliphatic carbocycles. The molecule has 3 heteroatoms. The van der Waals surface area contributed by atoms with E-state index in [4.69, 9.17) is 0 Å². The van der Waals surface area contributed by atoms with Crippen molar-refractivity contribution in [1.82, 2.24) is 4.90 Å². The van der Waals surface area contributed by atoms with Gasteiger partial charge >= 0.3 is 0 Å². The molecule has 0 N–H and O–H groups in total. The van der Waals surface area contributed by atoms with Crippen LogP contribution in [0.25, 0.3) is 0 Å². The molecule has 1 nitrogen and oxygen atoms in total. The summed E-state index contributed by atoms with van der Waals surface area (Å²) >= 11 is 0.494. The molecule has 1 saturated heterocycles. The Bertz CT molecular complexity index is 78.8. The van der Waals surface area contributed by atoms with E-state index in [1.807, 2.05) is 7.05 Å². The maximum absolute atomic E-state index is 11.8. The topological polar surface area (TPSA) is 3.24 Å². The minimum absolute atomic E-state index is 0.250. The Kier molecular flexibility index (Phi) is 2.14. The highest BCUT2D eigenvalue weighted by Crippen LogP contribution is 2.21. The van der Waals surface area contributed by atoms with Crippen LogP contribution in [0.2, 0.25) is 0 Å². The molecule has 0 amide bonds. The molecule has 0 aromatic heterocycles. The Labute approximate surface area is 53.5 Å². The molecule has 1 rings (SSSR count). The van der Waals surface area contributed by atoms with Gasteiger partial charge in [-0.05, 0) is 20.0 Å². The van der Waals surface area contributed by atoms with Gasteiger partial charge in [-0.1, -0.05) is 0 Å². The normalized spacial score (nSPS) is 31.5. The molecule has 0 saturated carbocycles. The minimum Gasteiger partial charge on any atom is -0.305 e. The van der Waals surface area contributed by atoms with E-state index in [1.54, 1.807) is 0 Å². The van der Waals surface area contributed by atoms with Crippen LogP contribution in [0.3, 0.4) is 0 Å². The summed E-state index contributed by atoms with van der Waals surface area (Å²) < 4.78 is 11.8. The number of likely N-dealkylation sites (tertiary alicyclic amines) is 1. The van der Waals surface area contributed by atoms with Gasteiger partial charge in [0.15, 0.2) is 0 Å². The Morgan fingerprint density at radius 1 is 1.75 bits per heavy atom. The lowest BCUT2D eigenvalue weighted by Crippen LogP contribution is -2.14. The second kappa shape index (κ2) is 2.69. The summed E-state index contributed by atoms with van der Waals surface area (Å²) in [6, 6.07) is 0. The summed E-state index contributed by atoms with van der Waals surface area (Å²) in [4.78, 5) is 2.15. The zero-order valence-electron chi connectivity index (χ0n) is 4.93. The predicted octanol–water partition coefficient (Wildman–Crippen LogP) is 1.31. The Hall–Kier alpha value is 0.240. The van der Waals surface area contributed by atoms with E-state index < -0.39 is 0 Å². The quantitative estimate of drug-likeness (QED) is 0.533. The van der Waals surface area contributed by atoms with Gasteiger partial charge in [0.05, 0.1) is 5.25 Å². The molecular weight excluding hydrogens is 125 g/mol. The van der Waals surface area contributed by atoms with Crippen molar-refractivity contribution < 1.29 is 3.89 Å². The van der Waals surface area contributed by atoms with Crippen LogP contribution in [0.15, 0.2) is 0 Å². The van der Waals surface area contributed by atoms with Crippen molar-refractivity contribution in [2.75, 3.05) is 20.1 Å². The first-order valence-electron chi connectivity index (χ1n) is 2.79. The summed E-state index contributed by atoms with van der Waals surface area (Å²) in [6.45, 7) is 1.97. The third-order valence-electron chi connectivity index (χ3n) is 1.47. The third kappa shape index (κ3) is 1.36. The summed E-state index contributed by atoms with van der Waals surface area (Å²) in [5.74, 6) is 0. The first kappa shape index (κ1) is 6.36. The van der Waals surface area contributed by atoms with Crippen molar-refractivity contribution >= 4 is 12.1 Å². The highest BCUT2D eigenvalue weighted by Gasteiger charge is 2.19. The molecule has 0 aromatic rings. The van der Waals surface area contributed by atoms with Gasteiger partial charge < -0.3 is 4.90 Å². The van der Waals surface area contributed by atoms with Gasteiger partial charge in [-0.15, -0.1) is 0 Å². The molecule has 0 aromatic carbocycles. The fourth-order valence-electron chi connectivity index (χ4n) is 0.967. The van der Waals surface area contributed by atoms with E-state index in [1.165, 1.54) is 0 Å². The Morgan fingerprint density at radius 3 is 2.75 bits per heavy atom. The minimum atomic E-state index is 0.250. The largest absolute Gasteiger partial charge is 0.305 e. The average molecular weight is 135 g/mol. The molecule has 1 atom stereocenters. The van der Waals surface area contributed by atoms with Gasteiger partial charge in [-0.25, -0.2) is 0 Å². The maximum atomic E-state index is 11.8. The smallest absolute Gasteiger partial charge is 0.0503 e. The first-order chi connectivity index (χ1) is 3.83. The summed E-state index contributed by atoms with van der Waals surface area (Å²) in [5.41, 5.74) is 0. The number of nitrogens with zero attached hydrogens (tertiary/aromatic N) is 1. The van der Waals surface area contributed by atoms with Gasteiger partial charge in [0.2, 0.25) is 0 Å². The van der Waals surface area contributed by atoms with Crippen LogP contribution in [0.1, 0.15) is 6.42 Å². The van der Waals surface area contributed by atoms with E-state index in [9.17, 15) is 3.89 Å². The summed E-state index contributed by atoms with van der Waals surface area (Å²) in [7, 11) is 2.02. The van der Waals surface area contributed by atoms with Crippen LogP contribution in [0, 0.1) is 0 Å². The van der Waals surface area contributed by atoms with Crippen molar-refractivity contribution in [3.8, 4) is 0 Å². The molecule has 8 heavy (non-hydrogen) atoms. The van der Waals surface area contributed by atoms with E-state index in [-0.39, 0.29) is 5.25 Å². The van der Waals surface area contributed by atoms with Gasteiger partial charge in [-0.2, -0.15) is 3.89 Å². The first-order valence-corrected chi connectivity index (χ1v) is 3.57. The van der Waals surface area contributed by atoms with E-state index >= 15 is 0 Å². The highest BCUT2D eigenvalue weighted by atomic mass is 32.2. The number of halogens is 1. The average Bonchev–Trinajstić information content (AvgIpc) is 2.14. The van der Waals surface area contributed by atoms with Crippen LogP contribution in [-0.2, 0) is 0 Å². The lowest BCUT2D eigenvalue weighted by atomic mass is 10.4. The molecular formula is C5H10FNS. The molecule has 48 valence electrons. The van der Waals surface area contributed by atoms with Crippen LogP contribution in [-0.4, -0.2) is 30.3 Å². The molecule has 1 unspecified atom stereocenters. The van der Waals surface area contributed by atoms with Crippen molar-refractivity contribution in [3.63, 3.8) is 0 Å². The van der Waals surface area contributed by atoms with Crippen LogP contribution >= 0.6 is 12.1 Å². The summed E-state index contributed by atoms with van der Waals surface area (Å²) in [6.07, 6.45) is 1.01. The number of hydrogen-bond acceptors (Lipinski definition) is 2. The van der Waals surface area contributed by atoms with Crippen molar-refractivity contribution in [2.24, 2.45) is 0 Å². The highest BCUT2D eigenvalue weighted by molar-refractivity contribution is 7.94. The molecule has 0 spiro atoms. The van der Waals surface area contributed by atoms with Crippen LogP contribution in [0.4, 0.5) is 3.89 Å². The molecule has 1 aliphatic rings. The fraction of sp³-hybridized carbons (Fsp3) is 1.00. The molecule has 1 aliphatic heterocycles. The van der Waals surface area contributed by atoms with Crippen LogP contribution in [0.5, 0.6) is 0 Å². The second-order valence-corrected chi connectivity index (χ2v) is 3.11. The SMILES string of the molecule is CN1CCC(SF)C1. The standard InChI is InChI=1S/C5H10FNS/c1-7-3-2-5(4-7)8-6/h5H,2-4H2,1H3. The van der Waals surface area contributed by atoms with Crippen LogP contribution < -0.4 is 0 Å². The van der Waals surface area contributed by atoms with Gasteiger partial charge in [-0.3, -0.25) is 0 Å². The zero-order chi connectivity index (χ0) is 5.98. The number of rotatable bonds is 1. The van der Waals surface area contributed by atoms with Gasteiger partial charge in [0, 0.05) is 18.7 Å². The van der Waals surface area contributed by atoms with E-state index in [0.717, 1.165) is 19.5 Å². The maximum Gasteiger partial charge on any atom is 0.0503 e. The third-order valence-corrected chi connectivity index (χ3v) is 2.11. The molecule has 0 bridgehead atoms.